The number of amides is 1. The molecule has 7 nitrogen and oxygen atoms in total. The molecule has 5 rings (SSSR count). The Kier molecular flexibility index (Phi) is 6.74. The molecule has 1 amide bonds. The first-order valence-electron chi connectivity index (χ1n) is 12.4. The largest absolute Gasteiger partial charge is 0.393 e. The van der Waals surface area contributed by atoms with Crippen LogP contribution in [0.25, 0.3) is 0 Å². The number of pyridine rings is 1. The molecule has 1 fully saturated rings. The van der Waals surface area contributed by atoms with Gasteiger partial charge in [0.15, 0.2) is 0 Å². The molecule has 2 aliphatic rings. The molecule has 1 aliphatic carbocycles. The van der Waals surface area contributed by atoms with Crippen molar-refractivity contribution in [1.29, 1.82) is 5.26 Å². The summed E-state index contributed by atoms with van der Waals surface area (Å²) in [6.07, 6.45) is 1.88. The maximum absolute atomic E-state index is 15.4. The normalized spacial score (nSPS) is 20.8. The SMILES string of the molecule is CC(C)(O)c1cc(F)c2c(c1)C(=O)N(C(OC1CCC(O)C1)(c1ccc(Cl)cc1)c1ccc(C#N)cn1)C2. The summed E-state index contributed by atoms with van der Waals surface area (Å²) in [5, 5.41) is 30.6. The Hall–Kier alpha value is -3.35. The number of ether oxygens (including phenoxy) is 1. The molecule has 3 atom stereocenters. The van der Waals surface area contributed by atoms with Gasteiger partial charge in [0.05, 0.1) is 35.6 Å². The zero-order chi connectivity index (χ0) is 27.2. The van der Waals surface area contributed by atoms with Crippen LogP contribution in [-0.2, 0) is 22.6 Å². The first kappa shape index (κ1) is 26.3. The Morgan fingerprint density at radius 3 is 2.47 bits per heavy atom. The molecular formula is C29H27ClFN3O4. The van der Waals surface area contributed by atoms with Gasteiger partial charge in [0.25, 0.3) is 5.91 Å². The molecular weight excluding hydrogens is 509 g/mol. The fraction of sp³-hybridized carbons (Fsp3) is 0.345. The van der Waals surface area contributed by atoms with E-state index in [4.69, 9.17) is 16.3 Å². The highest BCUT2D eigenvalue weighted by Gasteiger charge is 2.51. The number of aromatic nitrogens is 1. The van der Waals surface area contributed by atoms with Crippen molar-refractivity contribution in [2.75, 3.05) is 0 Å². The maximum atomic E-state index is 15.4. The van der Waals surface area contributed by atoms with E-state index in [0.29, 0.717) is 41.1 Å². The van der Waals surface area contributed by atoms with Crippen LogP contribution in [0.3, 0.4) is 0 Å². The Bertz CT molecular complexity index is 1420. The van der Waals surface area contributed by atoms with Gasteiger partial charge < -0.3 is 14.9 Å². The van der Waals surface area contributed by atoms with Gasteiger partial charge in [-0.05, 0) is 75.1 Å². The van der Waals surface area contributed by atoms with Crippen molar-refractivity contribution in [2.24, 2.45) is 0 Å². The van der Waals surface area contributed by atoms with Crippen LogP contribution in [0.4, 0.5) is 4.39 Å². The molecule has 2 N–H and O–H groups in total. The summed E-state index contributed by atoms with van der Waals surface area (Å²) in [5.41, 5.74) is -1.21. The van der Waals surface area contributed by atoms with Gasteiger partial charge >= 0.3 is 0 Å². The first-order valence-corrected chi connectivity index (χ1v) is 12.8. The molecule has 0 bridgehead atoms. The summed E-state index contributed by atoms with van der Waals surface area (Å²) in [6, 6.07) is 14.8. The van der Waals surface area contributed by atoms with Gasteiger partial charge in [-0.25, -0.2) is 4.39 Å². The number of carbonyl (C=O) groups excluding carboxylic acids is 1. The number of aliphatic hydroxyl groups is 2. The molecule has 0 spiro atoms. The summed E-state index contributed by atoms with van der Waals surface area (Å²) in [6.45, 7) is 2.93. The average molecular weight is 536 g/mol. The third kappa shape index (κ3) is 4.56. The van der Waals surface area contributed by atoms with Crippen LogP contribution in [0.1, 0.15) is 71.4 Å². The van der Waals surface area contributed by atoms with E-state index in [1.54, 1.807) is 36.4 Å². The number of carbonyl (C=O) groups is 1. The first-order chi connectivity index (χ1) is 18.0. The van der Waals surface area contributed by atoms with E-state index >= 15 is 4.39 Å². The van der Waals surface area contributed by atoms with Crippen LogP contribution >= 0.6 is 11.6 Å². The average Bonchev–Trinajstić information content (AvgIpc) is 3.45. The maximum Gasteiger partial charge on any atom is 0.257 e. The third-order valence-corrected chi connectivity index (χ3v) is 7.50. The molecule has 196 valence electrons. The summed E-state index contributed by atoms with van der Waals surface area (Å²) in [5.74, 6) is -1.10. The van der Waals surface area contributed by atoms with Crippen LogP contribution in [0.5, 0.6) is 0 Å². The number of hydrogen-bond donors (Lipinski definition) is 2. The minimum atomic E-state index is -1.62. The van der Waals surface area contributed by atoms with Crippen molar-refractivity contribution >= 4 is 17.5 Å². The second-order valence-electron chi connectivity index (χ2n) is 10.3. The van der Waals surface area contributed by atoms with Crippen LogP contribution in [0.2, 0.25) is 5.02 Å². The molecule has 38 heavy (non-hydrogen) atoms. The molecule has 2 aromatic carbocycles. The van der Waals surface area contributed by atoms with Gasteiger partial charge in [-0.3, -0.25) is 14.7 Å². The number of nitrogens with zero attached hydrogens (tertiary/aromatic N) is 3. The van der Waals surface area contributed by atoms with Crippen LogP contribution < -0.4 is 0 Å². The van der Waals surface area contributed by atoms with Crippen molar-refractivity contribution in [3.63, 3.8) is 0 Å². The lowest BCUT2D eigenvalue weighted by Crippen LogP contribution is -2.51. The van der Waals surface area contributed by atoms with Crippen molar-refractivity contribution in [3.8, 4) is 6.07 Å². The highest BCUT2D eigenvalue weighted by Crippen LogP contribution is 2.45. The molecule has 0 saturated heterocycles. The zero-order valence-electron chi connectivity index (χ0n) is 21.0. The number of nitriles is 1. The van der Waals surface area contributed by atoms with Crippen molar-refractivity contribution in [3.05, 3.63) is 99.1 Å². The number of benzene rings is 2. The second kappa shape index (κ2) is 9.75. The minimum Gasteiger partial charge on any atom is -0.393 e. The third-order valence-electron chi connectivity index (χ3n) is 7.24. The topological polar surface area (TPSA) is 107 Å². The van der Waals surface area contributed by atoms with E-state index in [0.717, 1.165) is 0 Å². The zero-order valence-corrected chi connectivity index (χ0v) is 21.7. The molecule has 1 saturated carbocycles. The predicted molar refractivity (Wildman–Crippen MR) is 137 cm³/mol. The Morgan fingerprint density at radius 1 is 1.16 bits per heavy atom. The van der Waals surface area contributed by atoms with E-state index in [-0.39, 0.29) is 23.2 Å². The van der Waals surface area contributed by atoms with Gasteiger partial charge in [-0.15, -0.1) is 0 Å². The smallest absolute Gasteiger partial charge is 0.257 e. The van der Waals surface area contributed by atoms with E-state index in [9.17, 15) is 20.3 Å². The standard InChI is InChI=1S/C29H27ClFN3O4/c1-28(2,37)19-11-23-24(25(31)12-19)16-34(27(23)36)29(18-4-6-20(30)7-5-18,38-22-9-8-21(35)13-22)26-10-3-17(14-32)15-33-26/h3-7,10-12,15,21-22,35,37H,8-9,13,16H2,1-2H3. The number of fused-ring (bicyclic) bond motifs is 1. The molecule has 1 aromatic heterocycles. The van der Waals surface area contributed by atoms with Crippen molar-refractivity contribution in [1.82, 2.24) is 9.88 Å². The molecule has 3 aromatic rings. The lowest BCUT2D eigenvalue weighted by Gasteiger charge is -2.43. The number of halogens is 2. The van der Waals surface area contributed by atoms with Crippen LogP contribution in [-0.4, -0.2) is 38.2 Å². The molecule has 0 radical (unpaired) electrons. The van der Waals surface area contributed by atoms with Crippen LogP contribution in [0.15, 0.2) is 54.7 Å². The van der Waals surface area contributed by atoms with E-state index < -0.39 is 35.3 Å². The number of rotatable bonds is 6. The lowest BCUT2D eigenvalue weighted by atomic mass is 9.94. The summed E-state index contributed by atoms with van der Waals surface area (Å²) in [4.78, 5) is 20.1. The van der Waals surface area contributed by atoms with Gasteiger partial charge in [-0.1, -0.05) is 23.7 Å². The summed E-state index contributed by atoms with van der Waals surface area (Å²) in [7, 11) is 0. The Balaban J connectivity index is 1.72. The lowest BCUT2D eigenvalue weighted by molar-refractivity contribution is -0.154. The highest BCUT2D eigenvalue weighted by molar-refractivity contribution is 6.30. The van der Waals surface area contributed by atoms with E-state index in [1.165, 1.54) is 37.1 Å². The van der Waals surface area contributed by atoms with Crippen molar-refractivity contribution < 1.29 is 24.1 Å². The molecule has 1 aliphatic heterocycles. The quantitative estimate of drug-likeness (QED) is 0.471. The van der Waals surface area contributed by atoms with Gasteiger partial charge in [0, 0.05) is 27.9 Å². The van der Waals surface area contributed by atoms with E-state index in [1.807, 2.05) is 6.07 Å². The molecule has 3 unspecified atom stereocenters. The fourth-order valence-electron chi connectivity index (χ4n) is 5.21. The van der Waals surface area contributed by atoms with Gasteiger partial charge in [0.2, 0.25) is 5.72 Å². The fourth-order valence-corrected chi connectivity index (χ4v) is 5.33. The number of aliphatic hydroxyl groups excluding tert-OH is 1. The summed E-state index contributed by atoms with van der Waals surface area (Å²) < 4.78 is 22.2. The van der Waals surface area contributed by atoms with Gasteiger partial charge in [0.1, 0.15) is 11.9 Å². The van der Waals surface area contributed by atoms with Crippen LogP contribution in [0, 0.1) is 17.1 Å². The monoisotopic (exact) mass is 535 g/mol. The predicted octanol–water partition coefficient (Wildman–Crippen LogP) is 4.76. The molecule has 9 heteroatoms. The number of hydrogen-bond acceptors (Lipinski definition) is 6. The second-order valence-corrected chi connectivity index (χ2v) is 10.8. The van der Waals surface area contributed by atoms with Gasteiger partial charge in [-0.2, -0.15) is 5.26 Å². The molecule has 2 heterocycles. The summed E-state index contributed by atoms with van der Waals surface area (Å²) >= 11 is 6.20. The van der Waals surface area contributed by atoms with Crippen molar-refractivity contribution in [2.45, 2.75) is 63.2 Å². The Morgan fingerprint density at radius 2 is 1.89 bits per heavy atom. The van der Waals surface area contributed by atoms with E-state index in [2.05, 4.69) is 4.98 Å². The Labute approximate surface area is 225 Å². The highest BCUT2D eigenvalue weighted by atomic mass is 35.5. The minimum absolute atomic E-state index is 0.119.